The molecule has 0 fully saturated rings. The smallest absolute Gasteiger partial charge is 0.308 e. The Balaban J connectivity index is 3.32. The van der Waals surface area contributed by atoms with E-state index in [-0.39, 0.29) is 23.8 Å². The van der Waals surface area contributed by atoms with Crippen molar-refractivity contribution in [1.29, 1.82) is 0 Å². The van der Waals surface area contributed by atoms with E-state index in [0.717, 1.165) is 12.8 Å². The van der Waals surface area contributed by atoms with Gasteiger partial charge in [-0.3, -0.25) is 4.79 Å². The van der Waals surface area contributed by atoms with Crippen LogP contribution in [0.4, 0.5) is 0 Å². The molecule has 0 aromatic rings. The summed E-state index contributed by atoms with van der Waals surface area (Å²) in [5.41, 5.74) is 0. The molecule has 0 saturated carbocycles. The van der Waals surface area contributed by atoms with Crippen LogP contribution in [0, 0.1) is 0 Å². The molecule has 0 N–H and O–H groups in total. The molecular weight excluding hydrogens is 235 g/mol. The van der Waals surface area contributed by atoms with Crippen molar-refractivity contribution in [3.8, 4) is 0 Å². The molecule has 0 radical (unpaired) electrons. The van der Waals surface area contributed by atoms with Crippen molar-refractivity contribution < 1.29 is 9.53 Å². The molecule has 15 heavy (non-hydrogen) atoms. The van der Waals surface area contributed by atoms with Gasteiger partial charge in [0, 0.05) is 5.38 Å². The molecule has 4 heteroatoms. The number of ether oxygens (including phenoxy) is 1. The summed E-state index contributed by atoms with van der Waals surface area (Å²) in [7, 11) is 0. The summed E-state index contributed by atoms with van der Waals surface area (Å²) >= 11 is 11.2. The minimum atomic E-state index is -0.307. The Morgan fingerprint density at radius 1 is 1.27 bits per heavy atom. The second kappa shape index (κ2) is 10.6. The van der Waals surface area contributed by atoms with Crippen LogP contribution in [-0.4, -0.2) is 17.4 Å². The maximum Gasteiger partial charge on any atom is 0.308 e. The van der Waals surface area contributed by atoms with Gasteiger partial charge in [0.15, 0.2) is 6.07 Å². The van der Waals surface area contributed by atoms with Crippen molar-refractivity contribution >= 4 is 29.2 Å². The molecule has 1 atom stereocenters. The van der Waals surface area contributed by atoms with Crippen molar-refractivity contribution in [3.05, 3.63) is 0 Å². The van der Waals surface area contributed by atoms with E-state index in [1.165, 1.54) is 25.7 Å². The molecule has 0 saturated heterocycles. The lowest BCUT2D eigenvalue weighted by Crippen LogP contribution is -2.10. The van der Waals surface area contributed by atoms with Crippen LogP contribution in [-0.2, 0) is 9.53 Å². The summed E-state index contributed by atoms with van der Waals surface area (Å²) < 4.78 is 4.60. The fraction of sp³-hybridized carbons (Fsp3) is 0.909. The molecule has 0 aliphatic rings. The number of carbonyl (C=O) groups is 1. The number of esters is 1. The number of halogens is 2. The van der Waals surface area contributed by atoms with Crippen molar-refractivity contribution in [3.63, 3.8) is 0 Å². The number of alkyl halides is 2. The highest BCUT2D eigenvalue weighted by atomic mass is 35.5. The lowest BCUT2D eigenvalue weighted by Gasteiger charge is -2.07. The van der Waals surface area contributed by atoms with E-state index in [1.807, 2.05) is 0 Å². The molecule has 0 aliphatic carbocycles. The molecular formula is C11H20Cl2O2. The zero-order chi connectivity index (χ0) is 11.5. The summed E-state index contributed by atoms with van der Waals surface area (Å²) in [4.78, 5) is 11.0. The van der Waals surface area contributed by atoms with Crippen molar-refractivity contribution in [2.75, 3.05) is 6.07 Å². The van der Waals surface area contributed by atoms with Crippen molar-refractivity contribution in [1.82, 2.24) is 0 Å². The molecule has 0 heterocycles. The molecule has 0 aromatic heterocycles. The lowest BCUT2D eigenvalue weighted by atomic mass is 10.1. The number of unbranched alkanes of at least 4 members (excludes halogenated alkanes) is 4. The first-order valence-corrected chi connectivity index (χ1v) is 6.53. The molecule has 0 aromatic carbocycles. The van der Waals surface area contributed by atoms with E-state index in [0.29, 0.717) is 0 Å². The van der Waals surface area contributed by atoms with Gasteiger partial charge in [-0.05, 0) is 6.42 Å². The monoisotopic (exact) mass is 254 g/mol. The number of hydrogen-bond donors (Lipinski definition) is 0. The third-order valence-electron chi connectivity index (χ3n) is 2.22. The quantitative estimate of drug-likeness (QED) is 0.352. The van der Waals surface area contributed by atoms with E-state index in [2.05, 4.69) is 11.7 Å². The van der Waals surface area contributed by atoms with Crippen LogP contribution >= 0.6 is 23.2 Å². The highest BCUT2D eigenvalue weighted by molar-refractivity contribution is 6.21. The number of hydrogen-bond acceptors (Lipinski definition) is 2. The minimum Gasteiger partial charge on any atom is -0.449 e. The van der Waals surface area contributed by atoms with Crippen LogP contribution < -0.4 is 0 Å². The standard InChI is InChI=1S/C11H20Cl2O2/c1-2-3-4-5-6-7-10(13)8-11(14)15-9-12/h10H,2-9H2,1H3. The van der Waals surface area contributed by atoms with E-state index in [9.17, 15) is 4.79 Å². The summed E-state index contributed by atoms with van der Waals surface area (Å²) in [6, 6.07) is -0.0844. The van der Waals surface area contributed by atoms with Gasteiger partial charge in [-0.1, -0.05) is 50.6 Å². The van der Waals surface area contributed by atoms with E-state index >= 15 is 0 Å². The van der Waals surface area contributed by atoms with Gasteiger partial charge < -0.3 is 4.74 Å². The van der Waals surface area contributed by atoms with Crippen LogP contribution in [0.3, 0.4) is 0 Å². The van der Waals surface area contributed by atoms with Gasteiger partial charge in [-0.2, -0.15) is 0 Å². The average Bonchev–Trinajstić information content (AvgIpc) is 2.17. The summed E-state index contributed by atoms with van der Waals surface area (Å²) in [5.74, 6) is -0.307. The van der Waals surface area contributed by atoms with Gasteiger partial charge in [-0.15, -0.1) is 11.6 Å². The molecule has 0 bridgehead atoms. The fourth-order valence-electron chi connectivity index (χ4n) is 1.37. The van der Waals surface area contributed by atoms with Gasteiger partial charge >= 0.3 is 5.97 Å². The molecule has 2 nitrogen and oxygen atoms in total. The molecule has 90 valence electrons. The first kappa shape index (κ1) is 15.0. The summed E-state index contributed by atoms with van der Waals surface area (Å²) in [6.07, 6.45) is 7.20. The minimum absolute atomic E-state index is 0.0844. The molecule has 1 unspecified atom stereocenters. The summed E-state index contributed by atoms with van der Waals surface area (Å²) in [5, 5.41) is -0.109. The summed E-state index contributed by atoms with van der Waals surface area (Å²) in [6.45, 7) is 2.19. The lowest BCUT2D eigenvalue weighted by molar-refractivity contribution is -0.141. The maximum atomic E-state index is 11.0. The van der Waals surface area contributed by atoms with Crippen LogP contribution in [0.25, 0.3) is 0 Å². The van der Waals surface area contributed by atoms with Crippen molar-refractivity contribution in [2.45, 2.75) is 57.2 Å². The number of carbonyl (C=O) groups excluding carboxylic acids is 1. The Morgan fingerprint density at radius 2 is 1.93 bits per heavy atom. The van der Waals surface area contributed by atoms with Crippen LogP contribution in [0.15, 0.2) is 0 Å². The first-order chi connectivity index (χ1) is 7.20. The predicted molar refractivity (Wildman–Crippen MR) is 64.4 cm³/mol. The molecule has 0 spiro atoms. The normalized spacial score (nSPS) is 12.5. The van der Waals surface area contributed by atoms with Crippen LogP contribution in [0.5, 0.6) is 0 Å². The third kappa shape index (κ3) is 10.3. The van der Waals surface area contributed by atoms with E-state index in [4.69, 9.17) is 23.2 Å². The van der Waals surface area contributed by atoms with E-state index in [1.54, 1.807) is 0 Å². The van der Waals surface area contributed by atoms with Crippen molar-refractivity contribution in [2.24, 2.45) is 0 Å². The Bertz CT molecular complexity index is 163. The van der Waals surface area contributed by atoms with Gasteiger partial charge in [0.1, 0.15) is 0 Å². The average molecular weight is 255 g/mol. The van der Waals surface area contributed by atoms with Crippen LogP contribution in [0.1, 0.15) is 51.9 Å². The number of rotatable bonds is 9. The Hall–Kier alpha value is 0.0500. The van der Waals surface area contributed by atoms with Gasteiger partial charge in [0.2, 0.25) is 0 Å². The zero-order valence-corrected chi connectivity index (χ0v) is 10.8. The Morgan fingerprint density at radius 3 is 2.53 bits per heavy atom. The highest BCUT2D eigenvalue weighted by Crippen LogP contribution is 2.14. The van der Waals surface area contributed by atoms with Crippen LogP contribution in [0.2, 0.25) is 0 Å². The predicted octanol–water partition coefficient (Wildman–Crippen LogP) is 4.08. The van der Waals surface area contributed by atoms with E-state index < -0.39 is 0 Å². The molecule has 0 rings (SSSR count). The highest BCUT2D eigenvalue weighted by Gasteiger charge is 2.11. The fourth-order valence-corrected chi connectivity index (χ4v) is 1.77. The Kier molecular flexibility index (Phi) is 10.6. The van der Waals surface area contributed by atoms with Gasteiger partial charge in [0.25, 0.3) is 0 Å². The third-order valence-corrected chi connectivity index (χ3v) is 2.71. The largest absolute Gasteiger partial charge is 0.449 e. The Labute approximate surface area is 102 Å². The SMILES string of the molecule is CCCCCCCC(Cl)CC(=O)OCCl. The van der Waals surface area contributed by atoms with Gasteiger partial charge in [0.05, 0.1) is 6.42 Å². The van der Waals surface area contributed by atoms with Gasteiger partial charge in [-0.25, -0.2) is 0 Å². The maximum absolute atomic E-state index is 11.0. The molecule has 0 amide bonds. The molecule has 0 aliphatic heterocycles. The zero-order valence-electron chi connectivity index (χ0n) is 9.31. The second-order valence-electron chi connectivity index (χ2n) is 3.63. The first-order valence-electron chi connectivity index (χ1n) is 5.56. The topological polar surface area (TPSA) is 26.3 Å². The second-order valence-corrected chi connectivity index (χ2v) is 4.47.